The first-order valence-corrected chi connectivity index (χ1v) is 6.88. The number of nitrogens with zero attached hydrogens (tertiary/aromatic N) is 2. The lowest BCUT2D eigenvalue weighted by Crippen LogP contribution is -1.96. The van der Waals surface area contributed by atoms with Crippen LogP contribution in [-0.4, -0.2) is 23.1 Å². The van der Waals surface area contributed by atoms with Gasteiger partial charge in [-0.3, -0.25) is 0 Å². The molecule has 0 aliphatic rings. The molecular formula is C11H11IN2O2S. The molecule has 0 fully saturated rings. The van der Waals surface area contributed by atoms with Crippen molar-refractivity contribution in [3.05, 3.63) is 33.7 Å². The van der Waals surface area contributed by atoms with Crippen molar-refractivity contribution in [1.82, 2.24) is 9.36 Å². The molecule has 0 saturated heterocycles. The Bertz CT molecular complexity index is 490. The maximum atomic E-state index is 5.62. The average Bonchev–Trinajstić information content (AvgIpc) is 2.74. The normalized spacial score (nSPS) is 10.5. The Morgan fingerprint density at radius 1 is 1.41 bits per heavy atom. The van der Waals surface area contributed by atoms with E-state index >= 15 is 0 Å². The lowest BCUT2D eigenvalue weighted by atomic mass is 10.3. The summed E-state index contributed by atoms with van der Waals surface area (Å²) in [5.41, 5.74) is 0. The van der Waals surface area contributed by atoms with Crippen LogP contribution in [0.1, 0.15) is 5.82 Å². The first kappa shape index (κ1) is 12.7. The number of methoxy groups -OCH3 is 1. The van der Waals surface area contributed by atoms with Gasteiger partial charge < -0.3 is 9.47 Å². The Morgan fingerprint density at radius 3 is 3.06 bits per heavy atom. The first-order valence-electron chi connectivity index (χ1n) is 5.03. The zero-order chi connectivity index (χ0) is 12.1. The Hall–Kier alpha value is -0.730. The van der Waals surface area contributed by atoms with Gasteiger partial charge in [-0.05, 0) is 40.8 Å². The van der Waals surface area contributed by atoms with Gasteiger partial charge in [0.1, 0.15) is 11.6 Å². The third-order valence-electron chi connectivity index (χ3n) is 1.98. The van der Waals surface area contributed by atoms with E-state index in [1.165, 1.54) is 11.5 Å². The molecule has 0 unspecified atom stereocenters. The lowest BCUT2D eigenvalue weighted by molar-refractivity contribution is 0.200. The third-order valence-corrected chi connectivity index (χ3v) is 3.28. The molecule has 0 atom stereocenters. The van der Waals surface area contributed by atoms with Gasteiger partial charge >= 0.3 is 0 Å². The molecule has 4 nitrogen and oxygen atoms in total. The molecule has 2 rings (SSSR count). The summed E-state index contributed by atoms with van der Waals surface area (Å²) in [5.74, 6) is 1.55. The van der Waals surface area contributed by atoms with Crippen molar-refractivity contribution < 1.29 is 9.47 Å². The predicted octanol–water partition coefficient (Wildman–Crippen LogP) is 3.12. The zero-order valence-electron chi connectivity index (χ0n) is 9.22. The highest BCUT2D eigenvalue weighted by atomic mass is 127. The van der Waals surface area contributed by atoms with Crippen LogP contribution in [0.2, 0.25) is 0 Å². The Morgan fingerprint density at radius 2 is 2.29 bits per heavy atom. The maximum absolute atomic E-state index is 5.62. The second-order valence-electron chi connectivity index (χ2n) is 3.28. The van der Waals surface area contributed by atoms with Crippen LogP contribution in [0, 0.1) is 3.57 Å². The van der Waals surface area contributed by atoms with E-state index in [1.54, 1.807) is 7.11 Å². The number of hydrogen-bond donors (Lipinski definition) is 0. The van der Waals surface area contributed by atoms with Crippen molar-refractivity contribution >= 4 is 34.1 Å². The molecular weight excluding hydrogens is 351 g/mol. The predicted molar refractivity (Wildman–Crippen MR) is 74.7 cm³/mol. The fraction of sp³-hybridized carbons (Fsp3) is 0.273. The van der Waals surface area contributed by atoms with Gasteiger partial charge in [0.15, 0.2) is 0 Å². The van der Waals surface area contributed by atoms with Crippen molar-refractivity contribution in [3.63, 3.8) is 0 Å². The molecule has 0 N–H and O–H groups in total. The van der Waals surface area contributed by atoms with Crippen LogP contribution in [-0.2, 0) is 11.2 Å². The molecule has 0 aliphatic carbocycles. The summed E-state index contributed by atoms with van der Waals surface area (Å²) in [6, 6.07) is 7.82. The second kappa shape index (κ2) is 6.27. The number of rotatable bonds is 5. The van der Waals surface area contributed by atoms with Crippen LogP contribution >= 0.6 is 34.1 Å². The van der Waals surface area contributed by atoms with Gasteiger partial charge in [0.05, 0.1) is 6.61 Å². The van der Waals surface area contributed by atoms with E-state index in [-0.39, 0.29) is 0 Å². The summed E-state index contributed by atoms with van der Waals surface area (Å²) in [6.07, 6.45) is 0.711. The summed E-state index contributed by atoms with van der Waals surface area (Å²) in [6.45, 7) is 0.624. The number of benzene rings is 1. The maximum Gasteiger partial charge on any atom is 0.298 e. The van der Waals surface area contributed by atoms with Crippen molar-refractivity contribution in [1.29, 1.82) is 0 Å². The smallest absolute Gasteiger partial charge is 0.298 e. The Labute approximate surface area is 117 Å². The van der Waals surface area contributed by atoms with Crippen molar-refractivity contribution in [2.24, 2.45) is 0 Å². The molecule has 6 heteroatoms. The zero-order valence-corrected chi connectivity index (χ0v) is 12.2. The van der Waals surface area contributed by atoms with Crippen molar-refractivity contribution in [2.45, 2.75) is 6.42 Å². The molecule has 0 radical (unpaired) electrons. The minimum Gasteiger partial charge on any atom is -0.430 e. The van der Waals surface area contributed by atoms with Gasteiger partial charge in [0.25, 0.3) is 5.19 Å². The highest BCUT2D eigenvalue weighted by Crippen LogP contribution is 2.24. The van der Waals surface area contributed by atoms with E-state index in [0.717, 1.165) is 15.1 Å². The summed E-state index contributed by atoms with van der Waals surface area (Å²) >= 11 is 3.50. The molecule has 1 aromatic heterocycles. The molecule has 0 saturated carbocycles. The monoisotopic (exact) mass is 362 g/mol. The quantitative estimate of drug-likeness (QED) is 0.767. The van der Waals surface area contributed by atoms with Crippen LogP contribution < -0.4 is 4.74 Å². The highest BCUT2D eigenvalue weighted by Gasteiger charge is 2.06. The molecule has 90 valence electrons. The van der Waals surface area contributed by atoms with E-state index < -0.39 is 0 Å². The number of aromatic nitrogens is 2. The number of halogens is 1. The van der Waals surface area contributed by atoms with Gasteiger partial charge in [-0.15, -0.1) is 0 Å². The second-order valence-corrected chi connectivity index (χ2v) is 5.24. The van der Waals surface area contributed by atoms with Crippen molar-refractivity contribution in [2.75, 3.05) is 13.7 Å². The van der Waals surface area contributed by atoms with E-state index in [1.807, 2.05) is 24.3 Å². The van der Waals surface area contributed by atoms with Gasteiger partial charge in [0, 0.05) is 28.6 Å². The standard InChI is InChI=1S/C11H11IN2O2S/c1-15-6-5-10-13-11(17-14-10)16-9-4-2-3-8(12)7-9/h2-4,7H,5-6H2,1H3. The lowest BCUT2D eigenvalue weighted by Gasteiger charge is -2.00. The van der Waals surface area contributed by atoms with Crippen LogP contribution in [0.25, 0.3) is 0 Å². The molecule has 0 aliphatic heterocycles. The van der Waals surface area contributed by atoms with E-state index in [4.69, 9.17) is 9.47 Å². The minimum absolute atomic E-state index is 0.568. The summed E-state index contributed by atoms with van der Waals surface area (Å²) in [5, 5.41) is 0.568. The van der Waals surface area contributed by atoms with Crippen molar-refractivity contribution in [3.8, 4) is 10.9 Å². The fourth-order valence-electron chi connectivity index (χ4n) is 1.21. The molecule has 0 spiro atoms. The molecule has 17 heavy (non-hydrogen) atoms. The van der Waals surface area contributed by atoms with Crippen LogP contribution in [0.3, 0.4) is 0 Å². The van der Waals surface area contributed by atoms with Crippen LogP contribution in [0.5, 0.6) is 10.9 Å². The topological polar surface area (TPSA) is 44.2 Å². The van der Waals surface area contributed by atoms with Crippen LogP contribution in [0.4, 0.5) is 0 Å². The number of hydrogen-bond acceptors (Lipinski definition) is 5. The highest BCUT2D eigenvalue weighted by molar-refractivity contribution is 14.1. The third kappa shape index (κ3) is 3.90. The molecule has 1 heterocycles. The van der Waals surface area contributed by atoms with Gasteiger partial charge in [-0.25, -0.2) is 0 Å². The molecule has 1 aromatic carbocycles. The van der Waals surface area contributed by atoms with E-state index in [9.17, 15) is 0 Å². The molecule has 0 bridgehead atoms. The fourth-order valence-corrected chi connectivity index (χ4v) is 2.32. The van der Waals surface area contributed by atoms with Crippen LogP contribution in [0.15, 0.2) is 24.3 Å². The van der Waals surface area contributed by atoms with Gasteiger partial charge in [0.2, 0.25) is 0 Å². The number of ether oxygens (including phenoxy) is 2. The summed E-state index contributed by atoms with van der Waals surface area (Å²) in [7, 11) is 1.66. The first-order chi connectivity index (χ1) is 8.28. The molecule has 0 amide bonds. The van der Waals surface area contributed by atoms with Gasteiger partial charge in [-0.1, -0.05) is 6.07 Å². The summed E-state index contributed by atoms with van der Waals surface area (Å²) < 4.78 is 15.9. The SMILES string of the molecule is COCCc1nsc(Oc2cccc(I)c2)n1. The average molecular weight is 362 g/mol. The van der Waals surface area contributed by atoms with E-state index in [2.05, 4.69) is 31.9 Å². The Kier molecular flexibility index (Phi) is 4.69. The van der Waals surface area contributed by atoms with E-state index in [0.29, 0.717) is 18.2 Å². The Balaban J connectivity index is 2.01. The van der Waals surface area contributed by atoms with Gasteiger partial charge in [-0.2, -0.15) is 9.36 Å². The largest absolute Gasteiger partial charge is 0.430 e. The minimum atomic E-state index is 0.568. The molecule has 2 aromatic rings. The summed E-state index contributed by atoms with van der Waals surface area (Å²) in [4.78, 5) is 4.28.